The number of hydrogen-bond donors (Lipinski definition) is 0. The van der Waals surface area contributed by atoms with E-state index < -0.39 is 11.6 Å². The SMILES string of the molecule is CC#CC(=O)N1CCCCC1c1nc(-c2ccc(Oc3cccc(F)c3F)cc2)c2c(C)nccn12. The molecule has 1 amide bonds. The highest BCUT2D eigenvalue weighted by Gasteiger charge is 2.31. The van der Waals surface area contributed by atoms with Crippen LogP contribution in [0, 0.1) is 30.4 Å². The molecule has 1 fully saturated rings. The van der Waals surface area contributed by atoms with Gasteiger partial charge in [-0.15, -0.1) is 0 Å². The molecule has 182 valence electrons. The molecule has 1 aliphatic heterocycles. The van der Waals surface area contributed by atoms with Crippen LogP contribution in [0.3, 0.4) is 0 Å². The fraction of sp³-hybridized carbons (Fsp3) is 0.250. The van der Waals surface area contributed by atoms with E-state index in [-0.39, 0.29) is 17.7 Å². The molecule has 36 heavy (non-hydrogen) atoms. The van der Waals surface area contributed by atoms with E-state index in [0.29, 0.717) is 12.3 Å². The van der Waals surface area contributed by atoms with Gasteiger partial charge >= 0.3 is 0 Å². The Morgan fingerprint density at radius 2 is 1.94 bits per heavy atom. The monoisotopic (exact) mass is 486 g/mol. The Kier molecular flexibility index (Phi) is 6.38. The van der Waals surface area contributed by atoms with Gasteiger partial charge in [-0.25, -0.2) is 9.37 Å². The number of aryl methyl sites for hydroxylation is 1. The summed E-state index contributed by atoms with van der Waals surface area (Å²) in [6.45, 7) is 4.21. The first kappa shape index (κ1) is 23.5. The molecule has 0 radical (unpaired) electrons. The Morgan fingerprint density at radius 3 is 2.72 bits per heavy atom. The van der Waals surface area contributed by atoms with Crippen molar-refractivity contribution in [1.82, 2.24) is 19.3 Å². The highest BCUT2D eigenvalue weighted by Crippen LogP contribution is 2.36. The molecule has 0 spiro atoms. The molecule has 2 aromatic carbocycles. The number of rotatable bonds is 4. The number of likely N-dealkylation sites (tertiary alicyclic amines) is 1. The summed E-state index contributed by atoms with van der Waals surface area (Å²) in [7, 11) is 0. The van der Waals surface area contributed by atoms with Gasteiger partial charge in [-0.3, -0.25) is 14.2 Å². The molecule has 0 N–H and O–H groups in total. The van der Waals surface area contributed by atoms with Crippen LogP contribution in [0.2, 0.25) is 0 Å². The molecule has 4 aromatic rings. The summed E-state index contributed by atoms with van der Waals surface area (Å²) in [5.41, 5.74) is 3.18. The quantitative estimate of drug-likeness (QED) is 0.340. The third-order valence-electron chi connectivity index (χ3n) is 6.33. The summed E-state index contributed by atoms with van der Waals surface area (Å²) in [6.07, 6.45) is 6.30. The summed E-state index contributed by atoms with van der Waals surface area (Å²) in [4.78, 5) is 24.0. The van der Waals surface area contributed by atoms with Gasteiger partial charge in [0.1, 0.15) is 11.6 Å². The molecule has 8 heteroatoms. The summed E-state index contributed by atoms with van der Waals surface area (Å²) in [5.74, 6) is 4.12. The first-order valence-corrected chi connectivity index (χ1v) is 11.8. The number of benzene rings is 2. The van der Waals surface area contributed by atoms with Crippen molar-refractivity contribution in [2.45, 2.75) is 39.2 Å². The zero-order chi connectivity index (χ0) is 25.2. The van der Waals surface area contributed by atoms with Crippen LogP contribution in [-0.4, -0.2) is 31.7 Å². The van der Waals surface area contributed by atoms with Crippen LogP contribution >= 0.6 is 0 Å². The van der Waals surface area contributed by atoms with Crippen molar-refractivity contribution in [1.29, 1.82) is 0 Å². The molecule has 1 aliphatic rings. The molecule has 1 saturated heterocycles. The van der Waals surface area contributed by atoms with Crippen molar-refractivity contribution in [3.63, 3.8) is 0 Å². The molecule has 3 heterocycles. The van der Waals surface area contributed by atoms with Crippen LogP contribution in [0.5, 0.6) is 11.5 Å². The number of carbonyl (C=O) groups excluding carboxylic acids is 1. The topological polar surface area (TPSA) is 59.7 Å². The van der Waals surface area contributed by atoms with Crippen LogP contribution in [0.4, 0.5) is 8.78 Å². The zero-order valence-electron chi connectivity index (χ0n) is 20.0. The maximum atomic E-state index is 14.0. The van der Waals surface area contributed by atoms with Crippen LogP contribution in [-0.2, 0) is 4.79 Å². The third-order valence-corrected chi connectivity index (χ3v) is 6.33. The van der Waals surface area contributed by atoms with Crippen LogP contribution < -0.4 is 4.74 Å². The predicted octanol–water partition coefficient (Wildman–Crippen LogP) is 5.85. The minimum absolute atomic E-state index is 0.185. The summed E-state index contributed by atoms with van der Waals surface area (Å²) in [6, 6.07) is 10.6. The van der Waals surface area contributed by atoms with Crippen molar-refractivity contribution < 1.29 is 18.3 Å². The van der Waals surface area contributed by atoms with E-state index in [1.807, 2.05) is 29.7 Å². The number of halogens is 2. The van der Waals surface area contributed by atoms with Crippen molar-refractivity contribution in [2.75, 3.05) is 6.54 Å². The van der Waals surface area contributed by atoms with Crippen LogP contribution in [0.25, 0.3) is 16.8 Å². The summed E-state index contributed by atoms with van der Waals surface area (Å²) >= 11 is 0. The Labute approximate surface area is 207 Å². The second kappa shape index (κ2) is 9.78. The molecule has 0 bridgehead atoms. The van der Waals surface area contributed by atoms with E-state index in [1.165, 1.54) is 12.1 Å². The molecule has 1 atom stereocenters. The molecular weight excluding hydrogens is 462 g/mol. The Balaban J connectivity index is 1.54. The van der Waals surface area contributed by atoms with Crippen LogP contribution in [0.15, 0.2) is 54.9 Å². The van der Waals surface area contributed by atoms with Gasteiger partial charge in [0.15, 0.2) is 11.6 Å². The van der Waals surface area contributed by atoms with Crippen molar-refractivity contribution in [3.8, 4) is 34.6 Å². The van der Waals surface area contributed by atoms with Gasteiger partial charge < -0.3 is 9.64 Å². The smallest absolute Gasteiger partial charge is 0.299 e. The predicted molar refractivity (Wildman–Crippen MR) is 131 cm³/mol. The summed E-state index contributed by atoms with van der Waals surface area (Å²) < 4.78 is 35.1. The lowest BCUT2D eigenvalue weighted by atomic mass is 10.0. The van der Waals surface area contributed by atoms with Gasteiger partial charge in [0, 0.05) is 24.5 Å². The second-order valence-corrected chi connectivity index (χ2v) is 8.61. The highest BCUT2D eigenvalue weighted by atomic mass is 19.2. The lowest BCUT2D eigenvalue weighted by Gasteiger charge is -2.33. The molecule has 1 unspecified atom stereocenters. The lowest BCUT2D eigenvalue weighted by molar-refractivity contribution is -0.129. The highest BCUT2D eigenvalue weighted by molar-refractivity contribution is 5.93. The van der Waals surface area contributed by atoms with Gasteiger partial charge in [0.25, 0.3) is 5.91 Å². The largest absolute Gasteiger partial charge is 0.454 e. The van der Waals surface area contributed by atoms with E-state index in [4.69, 9.17) is 9.72 Å². The maximum absolute atomic E-state index is 14.0. The number of amides is 1. The fourth-order valence-corrected chi connectivity index (χ4v) is 4.65. The number of piperidine rings is 1. The van der Waals surface area contributed by atoms with E-state index >= 15 is 0 Å². The Hall–Kier alpha value is -4.25. The average molecular weight is 487 g/mol. The van der Waals surface area contributed by atoms with Crippen molar-refractivity contribution >= 4 is 11.4 Å². The van der Waals surface area contributed by atoms with Crippen molar-refractivity contribution in [3.05, 3.63) is 78.0 Å². The molecule has 0 saturated carbocycles. The average Bonchev–Trinajstić information content (AvgIpc) is 3.28. The minimum Gasteiger partial charge on any atom is -0.454 e. The Bertz CT molecular complexity index is 1500. The fourth-order valence-electron chi connectivity index (χ4n) is 4.65. The van der Waals surface area contributed by atoms with Gasteiger partial charge in [-0.1, -0.05) is 12.0 Å². The Morgan fingerprint density at radius 1 is 1.14 bits per heavy atom. The lowest BCUT2D eigenvalue weighted by Crippen LogP contribution is -2.38. The number of nitrogens with zero attached hydrogens (tertiary/aromatic N) is 4. The number of hydrogen-bond acceptors (Lipinski definition) is 4. The minimum atomic E-state index is -1.03. The van der Waals surface area contributed by atoms with E-state index in [1.54, 1.807) is 30.2 Å². The molecule has 5 rings (SSSR count). The molecule has 0 aliphatic carbocycles. The number of carbonyl (C=O) groups is 1. The van der Waals surface area contributed by atoms with Gasteiger partial charge in [-0.05, 0) is 75.4 Å². The van der Waals surface area contributed by atoms with E-state index in [9.17, 15) is 13.6 Å². The molecular formula is C28H24F2N4O2. The third kappa shape index (κ3) is 4.29. The zero-order valence-corrected chi connectivity index (χ0v) is 20.0. The first-order valence-electron chi connectivity index (χ1n) is 11.8. The normalized spacial score (nSPS) is 15.4. The number of fused-ring (bicyclic) bond motifs is 1. The van der Waals surface area contributed by atoms with E-state index in [0.717, 1.165) is 53.6 Å². The standard InChI is InChI=1S/C28H24F2N4O2/c1-3-7-24(35)33-16-5-4-9-22(33)28-32-26(27-18(2)31-15-17-34(27)28)19-11-13-20(14-12-19)36-23-10-6-8-21(29)25(23)30/h6,8,10-15,17,22H,4-5,9,16H2,1-2H3. The van der Waals surface area contributed by atoms with E-state index in [2.05, 4.69) is 16.8 Å². The maximum Gasteiger partial charge on any atom is 0.299 e. The molecule has 6 nitrogen and oxygen atoms in total. The summed E-state index contributed by atoms with van der Waals surface area (Å²) in [5, 5.41) is 0. The van der Waals surface area contributed by atoms with Crippen molar-refractivity contribution in [2.24, 2.45) is 0 Å². The van der Waals surface area contributed by atoms with Gasteiger partial charge in [-0.2, -0.15) is 4.39 Å². The van der Waals surface area contributed by atoms with Gasteiger partial charge in [0.05, 0.1) is 22.9 Å². The second-order valence-electron chi connectivity index (χ2n) is 8.61. The number of ether oxygens (including phenoxy) is 1. The molecule has 2 aromatic heterocycles. The first-order chi connectivity index (χ1) is 17.5. The number of aromatic nitrogens is 3. The van der Waals surface area contributed by atoms with Crippen LogP contribution in [0.1, 0.15) is 43.7 Å². The van der Waals surface area contributed by atoms with Gasteiger partial charge in [0.2, 0.25) is 5.82 Å². The number of imidazole rings is 1.